The Kier molecular flexibility index (Phi) is 12.4. The molecule has 4 aromatic carbocycles. The third kappa shape index (κ3) is 8.38. The zero-order chi connectivity index (χ0) is 35.6. The highest BCUT2D eigenvalue weighted by Crippen LogP contribution is 2.40. The number of fused-ring (bicyclic) bond motifs is 8. The number of carbonyl (C=O) groups is 1. The maximum absolute atomic E-state index is 12.5. The standard InChI is InChI=1S/C41H47NO8/c1-5-15-47-37-27-11-9-13-29(37)21-33-25-36(42(45)46)26-34(40(33)50-18-8-4)22-30-14-10-12-28(38(30)48-16-6-2)20-32-24-35(41(43)44)23-31(19-27)39(32)49-17-7-3/h9-14,23-26H,5-8,15-22H2,1-4H3,(H,43,44). The lowest BCUT2D eigenvalue weighted by Crippen LogP contribution is -2.11. The van der Waals surface area contributed by atoms with Crippen molar-refractivity contribution in [1.82, 2.24) is 0 Å². The molecule has 5 rings (SSSR count). The van der Waals surface area contributed by atoms with Crippen molar-refractivity contribution in [3.63, 3.8) is 0 Å². The van der Waals surface area contributed by atoms with Gasteiger partial charge in [0.1, 0.15) is 23.0 Å². The van der Waals surface area contributed by atoms with Crippen LogP contribution in [0.4, 0.5) is 5.69 Å². The van der Waals surface area contributed by atoms with E-state index in [-0.39, 0.29) is 16.2 Å². The lowest BCUT2D eigenvalue weighted by atomic mass is 9.90. The Labute approximate surface area is 294 Å². The van der Waals surface area contributed by atoms with E-state index in [1.54, 1.807) is 24.3 Å². The molecular formula is C41H47NO8. The Morgan fingerprint density at radius 2 is 0.880 bits per heavy atom. The van der Waals surface area contributed by atoms with Crippen LogP contribution in [0.2, 0.25) is 0 Å². The van der Waals surface area contributed by atoms with Gasteiger partial charge in [0.25, 0.3) is 5.69 Å². The summed E-state index contributed by atoms with van der Waals surface area (Å²) in [5, 5.41) is 22.6. The van der Waals surface area contributed by atoms with Gasteiger partial charge in [-0.3, -0.25) is 10.1 Å². The van der Waals surface area contributed by atoms with Gasteiger partial charge < -0.3 is 24.1 Å². The Bertz CT molecular complexity index is 1610. The first-order chi connectivity index (χ1) is 24.3. The summed E-state index contributed by atoms with van der Waals surface area (Å²) in [6, 6.07) is 18.5. The predicted octanol–water partition coefficient (Wildman–Crippen LogP) is 9.12. The molecule has 0 spiro atoms. The molecule has 1 aliphatic carbocycles. The summed E-state index contributed by atoms with van der Waals surface area (Å²) in [5.74, 6) is 1.64. The minimum Gasteiger partial charge on any atom is -0.493 e. The second kappa shape index (κ2) is 17.1. The molecular weight excluding hydrogens is 634 g/mol. The van der Waals surface area contributed by atoms with E-state index in [4.69, 9.17) is 18.9 Å². The summed E-state index contributed by atoms with van der Waals surface area (Å²) in [6.07, 6.45) is 4.50. The van der Waals surface area contributed by atoms with Crippen LogP contribution in [0, 0.1) is 10.1 Å². The monoisotopic (exact) mass is 681 g/mol. The summed E-state index contributed by atoms with van der Waals surface area (Å²) in [7, 11) is 0. The van der Waals surface area contributed by atoms with E-state index in [1.165, 1.54) is 0 Å². The maximum atomic E-state index is 12.5. The maximum Gasteiger partial charge on any atom is 0.335 e. The van der Waals surface area contributed by atoms with E-state index in [1.807, 2.05) is 64.1 Å². The number of carboxylic acids is 1. The number of carboxylic acid groups (broad SMARTS) is 1. The van der Waals surface area contributed by atoms with Crippen molar-refractivity contribution in [3.05, 3.63) is 121 Å². The topological polar surface area (TPSA) is 117 Å². The smallest absolute Gasteiger partial charge is 0.335 e. The van der Waals surface area contributed by atoms with Gasteiger partial charge in [-0.1, -0.05) is 64.1 Å². The van der Waals surface area contributed by atoms with Gasteiger partial charge >= 0.3 is 5.97 Å². The molecule has 9 nitrogen and oxygen atoms in total. The number of ether oxygens (including phenoxy) is 4. The van der Waals surface area contributed by atoms with Gasteiger partial charge in [0.05, 0.1) is 36.9 Å². The van der Waals surface area contributed by atoms with E-state index in [2.05, 4.69) is 0 Å². The zero-order valence-corrected chi connectivity index (χ0v) is 29.5. The molecule has 0 heterocycles. The molecule has 9 heteroatoms. The van der Waals surface area contributed by atoms with Crippen molar-refractivity contribution >= 4 is 11.7 Å². The number of rotatable bonds is 14. The van der Waals surface area contributed by atoms with Crippen LogP contribution >= 0.6 is 0 Å². The van der Waals surface area contributed by atoms with Gasteiger partial charge in [-0.25, -0.2) is 4.79 Å². The molecule has 1 aliphatic rings. The number of hydrogen-bond acceptors (Lipinski definition) is 7. The average molecular weight is 682 g/mol. The fourth-order valence-corrected chi connectivity index (χ4v) is 6.46. The molecule has 0 saturated carbocycles. The average Bonchev–Trinajstić information content (AvgIpc) is 3.09. The molecule has 0 aromatic heterocycles. The number of benzene rings is 4. The van der Waals surface area contributed by atoms with Gasteiger partial charge in [-0.15, -0.1) is 0 Å². The van der Waals surface area contributed by atoms with E-state index in [0.29, 0.717) is 86.2 Å². The SMILES string of the molecule is CCCOc1c2cccc1Cc1cc([N+](=O)[O-])cc(c1OCCC)Cc1cccc(c1OCCC)Cc1cc(C(=O)O)cc(c1OCCC)C2. The first-order valence-corrected chi connectivity index (χ1v) is 17.7. The molecule has 0 saturated heterocycles. The van der Waals surface area contributed by atoms with Crippen LogP contribution in [0.1, 0.15) is 108 Å². The highest BCUT2D eigenvalue weighted by atomic mass is 16.6. The van der Waals surface area contributed by atoms with Gasteiger partial charge in [0.2, 0.25) is 0 Å². The number of nitrogens with zero attached hydrogens (tertiary/aromatic N) is 1. The van der Waals surface area contributed by atoms with Gasteiger partial charge in [0, 0.05) is 48.9 Å². The molecule has 0 fully saturated rings. The number of aromatic carboxylic acids is 1. The van der Waals surface area contributed by atoms with Crippen molar-refractivity contribution in [2.24, 2.45) is 0 Å². The molecule has 264 valence electrons. The van der Waals surface area contributed by atoms with E-state index in [9.17, 15) is 20.0 Å². The van der Waals surface area contributed by atoms with Gasteiger partial charge in [-0.2, -0.15) is 0 Å². The Hall–Kier alpha value is -5.05. The lowest BCUT2D eigenvalue weighted by Gasteiger charge is -2.23. The summed E-state index contributed by atoms with van der Waals surface area (Å²) >= 11 is 0. The minimum atomic E-state index is -1.02. The zero-order valence-electron chi connectivity index (χ0n) is 29.5. The highest BCUT2D eigenvalue weighted by molar-refractivity contribution is 5.88. The summed E-state index contributed by atoms with van der Waals surface area (Å²) in [6.45, 7) is 10.0. The van der Waals surface area contributed by atoms with E-state index >= 15 is 0 Å². The summed E-state index contributed by atoms with van der Waals surface area (Å²) in [5.41, 5.74) is 6.51. The third-order valence-corrected chi connectivity index (χ3v) is 8.61. The first kappa shape index (κ1) is 36.2. The second-order valence-electron chi connectivity index (χ2n) is 12.7. The lowest BCUT2D eigenvalue weighted by molar-refractivity contribution is -0.385. The Balaban J connectivity index is 1.85. The number of hydrogen-bond donors (Lipinski definition) is 1. The quantitative estimate of drug-likeness (QED) is 0.0911. The summed E-state index contributed by atoms with van der Waals surface area (Å²) in [4.78, 5) is 24.5. The van der Waals surface area contributed by atoms with Crippen LogP contribution in [0.25, 0.3) is 0 Å². The third-order valence-electron chi connectivity index (χ3n) is 8.61. The Morgan fingerprint density at radius 3 is 1.16 bits per heavy atom. The molecule has 8 bridgehead atoms. The molecule has 0 unspecified atom stereocenters. The number of nitro benzene ring substituents is 1. The van der Waals surface area contributed by atoms with Crippen molar-refractivity contribution in [1.29, 1.82) is 0 Å². The number of nitro groups is 1. The molecule has 4 aromatic rings. The van der Waals surface area contributed by atoms with Gasteiger partial charge in [-0.05, 0) is 71.2 Å². The van der Waals surface area contributed by atoms with E-state index in [0.717, 1.165) is 59.1 Å². The molecule has 0 aliphatic heterocycles. The van der Waals surface area contributed by atoms with Crippen molar-refractivity contribution in [3.8, 4) is 23.0 Å². The minimum absolute atomic E-state index is 0.00628. The van der Waals surface area contributed by atoms with Crippen molar-refractivity contribution in [2.45, 2.75) is 79.1 Å². The highest BCUT2D eigenvalue weighted by Gasteiger charge is 2.25. The fraction of sp³-hybridized carbons (Fsp3) is 0.390. The molecule has 0 radical (unpaired) electrons. The van der Waals surface area contributed by atoms with Crippen LogP contribution in [-0.2, 0) is 25.7 Å². The molecule has 1 N–H and O–H groups in total. The predicted molar refractivity (Wildman–Crippen MR) is 194 cm³/mol. The number of non-ortho nitro benzene ring substituents is 1. The van der Waals surface area contributed by atoms with Crippen LogP contribution < -0.4 is 18.9 Å². The molecule has 0 atom stereocenters. The first-order valence-electron chi connectivity index (χ1n) is 17.7. The second-order valence-corrected chi connectivity index (χ2v) is 12.7. The Morgan fingerprint density at radius 1 is 0.580 bits per heavy atom. The normalized spacial score (nSPS) is 12.2. The molecule has 0 amide bonds. The summed E-state index contributed by atoms with van der Waals surface area (Å²) < 4.78 is 25.8. The van der Waals surface area contributed by atoms with Gasteiger partial charge in [0.15, 0.2) is 0 Å². The van der Waals surface area contributed by atoms with Crippen LogP contribution in [0.3, 0.4) is 0 Å². The van der Waals surface area contributed by atoms with E-state index < -0.39 is 5.97 Å². The number of para-hydroxylation sites is 2. The largest absolute Gasteiger partial charge is 0.493 e. The van der Waals surface area contributed by atoms with Crippen LogP contribution in [0.15, 0.2) is 60.7 Å². The molecule has 50 heavy (non-hydrogen) atoms. The fourth-order valence-electron chi connectivity index (χ4n) is 6.46. The van der Waals surface area contributed by atoms with Crippen LogP contribution in [-0.4, -0.2) is 42.4 Å². The van der Waals surface area contributed by atoms with Crippen molar-refractivity contribution in [2.75, 3.05) is 26.4 Å². The van der Waals surface area contributed by atoms with Crippen LogP contribution in [0.5, 0.6) is 23.0 Å². The van der Waals surface area contributed by atoms with Crippen molar-refractivity contribution < 1.29 is 33.8 Å².